The Hall–Kier alpha value is -3.19. The van der Waals surface area contributed by atoms with Crippen LogP contribution in [-0.4, -0.2) is 41.1 Å². The fraction of sp³-hybridized carbons (Fsp3) is 0.200. The number of benzene rings is 2. The van der Waals surface area contributed by atoms with E-state index in [1.54, 1.807) is 24.4 Å². The zero-order valence-corrected chi connectivity index (χ0v) is 14.5. The van der Waals surface area contributed by atoms with Crippen LogP contribution in [0.15, 0.2) is 53.5 Å². The van der Waals surface area contributed by atoms with Crippen LogP contribution >= 0.6 is 0 Å². The average molecular weight is 364 g/mol. The predicted octanol–water partition coefficient (Wildman–Crippen LogP) is 2.84. The van der Waals surface area contributed by atoms with Crippen LogP contribution in [0.1, 0.15) is 0 Å². The van der Waals surface area contributed by atoms with E-state index in [0.29, 0.717) is 24.1 Å². The van der Waals surface area contributed by atoms with Crippen molar-refractivity contribution in [2.24, 2.45) is 0 Å². The molecule has 2 aromatic carbocycles. The lowest BCUT2D eigenvalue weighted by molar-refractivity contribution is 0.122. The lowest BCUT2D eigenvalue weighted by atomic mass is 10.1. The van der Waals surface area contributed by atoms with Crippen molar-refractivity contribution in [2.75, 3.05) is 31.2 Å². The van der Waals surface area contributed by atoms with Gasteiger partial charge in [0, 0.05) is 30.4 Å². The van der Waals surface area contributed by atoms with Crippen LogP contribution in [0, 0.1) is 5.82 Å². The summed E-state index contributed by atoms with van der Waals surface area (Å²) in [6, 6.07) is 12.2. The Bertz CT molecular complexity index is 1210. The number of ether oxygens (including phenoxy) is 1. The number of halogens is 1. The second-order valence-electron chi connectivity index (χ2n) is 6.55. The molecule has 1 aliphatic rings. The minimum absolute atomic E-state index is 0.191. The van der Waals surface area contributed by atoms with E-state index >= 15 is 0 Å². The van der Waals surface area contributed by atoms with E-state index in [4.69, 9.17) is 4.74 Å². The zero-order valence-electron chi connectivity index (χ0n) is 14.5. The second kappa shape index (κ2) is 6.21. The fourth-order valence-electron chi connectivity index (χ4n) is 3.57. The number of aromatic nitrogens is 3. The molecule has 0 atom stereocenters. The Labute approximate surface area is 153 Å². The topological polar surface area (TPSA) is 63.2 Å². The third-order valence-corrected chi connectivity index (χ3v) is 4.98. The van der Waals surface area contributed by atoms with Gasteiger partial charge in [-0.05, 0) is 30.3 Å². The van der Waals surface area contributed by atoms with Gasteiger partial charge in [-0.1, -0.05) is 12.1 Å². The van der Waals surface area contributed by atoms with Crippen molar-refractivity contribution in [3.05, 3.63) is 64.8 Å². The molecule has 0 amide bonds. The van der Waals surface area contributed by atoms with E-state index in [2.05, 4.69) is 15.0 Å². The van der Waals surface area contributed by atoms with Crippen LogP contribution in [0.4, 0.5) is 10.1 Å². The molecule has 0 spiro atoms. The summed E-state index contributed by atoms with van der Waals surface area (Å²) >= 11 is 0. The van der Waals surface area contributed by atoms with Gasteiger partial charge in [0.25, 0.3) is 5.56 Å². The first-order valence-electron chi connectivity index (χ1n) is 8.83. The first kappa shape index (κ1) is 16.0. The van der Waals surface area contributed by atoms with Gasteiger partial charge in [0.15, 0.2) is 0 Å². The predicted molar refractivity (Wildman–Crippen MR) is 102 cm³/mol. The van der Waals surface area contributed by atoms with Crippen LogP contribution in [0.3, 0.4) is 0 Å². The summed E-state index contributed by atoms with van der Waals surface area (Å²) in [6.45, 7) is 3.03. The largest absolute Gasteiger partial charge is 0.378 e. The molecule has 0 bridgehead atoms. The lowest BCUT2D eigenvalue weighted by Crippen LogP contribution is -2.36. The van der Waals surface area contributed by atoms with Crippen molar-refractivity contribution in [1.29, 1.82) is 0 Å². The van der Waals surface area contributed by atoms with Crippen molar-refractivity contribution in [3.8, 4) is 5.69 Å². The van der Waals surface area contributed by atoms with Crippen molar-refractivity contribution < 1.29 is 9.13 Å². The van der Waals surface area contributed by atoms with Gasteiger partial charge < -0.3 is 9.64 Å². The molecular weight excluding hydrogens is 347 g/mol. The summed E-state index contributed by atoms with van der Waals surface area (Å²) in [5, 5.41) is 4.35. The molecule has 1 N–H and O–H groups in total. The average Bonchev–Trinajstić information content (AvgIpc) is 3.05. The molecule has 6 nitrogen and oxygen atoms in total. The fourth-order valence-corrected chi connectivity index (χ4v) is 3.57. The molecule has 136 valence electrons. The standard InChI is InChI=1S/C20H17FN4O2/c21-16-3-1-2-4-18(16)25-20(26)15-12-22-17-6-5-13(11-14(17)19(15)23-25)24-7-9-27-10-8-24/h1-6,11-12,23H,7-10H2. The highest BCUT2D eigenvalue weighted by Gasteiger charge is 2.16. The molecule has 27 heavy (non-hydrogen) atoms. The number of hydrogen-bond acceptors (Lipinski definition) is 4. The molecule has 4 aromatic rings. The highest BCUT2D eigenvalue weighted by Crippen LogP contribution is 2.26. The summed E-state index contributed by atoms with van der Waals surface area (Å²) < 4.78 is 20.8. The summed E-state index contributed by atoms with van der Waals surface area (Å²) in [4.78, 5) is 19.5. The first-order chi connectivity index (χ1) is 13.2. The second-order valence-corrected chi connectivity index (χ2v) is 6.55. The number of H-pyrrole nitrogens is 1. The highest BCUT2D eigenvalue weighted by atomic mass is 19.1. The molecule has 5 rings (SSSR count). The molecule has 1 aliphatic heterocycles. The summed E-state index contributed by atoms with van der Waals surface area (Å²) in [7, 11) is 0. The molecule has 2 aromatic heterocycles. The van der Waals surface area contributed by atoms with Gasteiger partial charge in [0.2, 0.25) is 0 Å². The van der Waals surface area contributed by atoms with E-state index in [0.717, 1.165) is 29.7 Å². The Morgan fingerprint density at radius 3 is 2.70 bits per heavy atom. The Balaban J connectivity index is 1.73. The maximum absolute atomic E-state index is 14.2. The number of hydrogen-bond donors (Lipinski definition) is 1. The molecule has 0 aliphatic carbocycles. The van der Waals surface area contributed by atoms with Crippen molar-refractivity contribution in [3.63, 3.8) is 0 Å². The smallest absolute Gasteiger partial charge is 0.280 e. The molecule has 3 heterocycles. The SMILES string of the molecule is O=c1c2cnc3ccc(N4CCOCC4)cc3c2[nH]n1-c1ccccc1F. The summed E-state index contributed by atoms with van der Waals surface area (Å²) in [6.07, 6.45) is 1.54. The zero-order chi connectivity index (χ0) is 18.4. The highest BCUT2D eigenvalue weighted by molar-refractivity contribution is 6.04. The molecular formula is C20H17FN4O2. The minimum atomic E-state index is -0.461. The lowest BCUT2D eigenvalue weighted by Gasteiger charge is -2.29. The number of rotatable bonds is 2. The minimum Gasteiger partial charge on any atom is -0.378 e. The molecule has 1 fully saturated rings. The van der Waals surface area contributed by atoms with Crippen LogP contribution in [0.25, 0.3) is 27.5 Å². The monoisotopic (exact) mass is 364 g/mol. The Morgan fingerprint density at radius 2 is 1.89 bits per heavy atom. The van der Waals surface area contributed by atoms with Gasteiger partial charge in [0.1, 0.15) is 11.5 Å². The van der Waals surface area contributed by atoms with E-state index < -0.39 is 5.82 Å². The van der Waals surface area contributed by atoms with Crippen molar-refractivity contribution in [2.45, 2.75) is 0 Å². The van der Waals surface area contributed by atoms with Gasteiger partial charge in [-0.2, -0.15) is 0 Å². The van der Waals surface area contributed by atoms with E-state index in [1.807, 2.05) is 18.2 Å². The Morgan fingerprint density at radius 1 is 1.07 bits per heavy atom. The van der Waals surface area contributed by atoms with Crippen LogP contribution in [0.2, 0.25) is 0 Å². The summed E-state index contributed by atoms with van der Waals surface area (Å²) in [5.41, 5.74) is 2.36. The van der Waals surface area contributed by atoms with Gasteiger partial charge in [-0.3, -0.25) is 14.9 Å². The Kier molecular flexibility index (Phi) is 3.68. The number of anilines is 1. The summed E-state index contributed by atoms with van der Waals surface area (Å²) in [5.74, 6) is -0.461. The molecule has 0 saturated carbocycles. The number of fused-ring (bicyclic) bond motifs is 3. The maximum atomic E-state index is 14.2. The molecule has 1 saturated heterocycles. The van der Waals surface area contributed by atoms with Crippen LogP contribution in [0.5, 0.6) is 0 Å². The van der Waals surface area contributed by atoms with Crippen LogP contribution < -0.4 is 10.5 Å². The number of aromatic amines is 1. The number of nitrogens with zero attached hydrogens (tertiary/aromatic N) is 3. The third-order valence-electron chi connectivity index (χ3n) is 4.98. The van der Waals surface area contributed by atoms with E-state index in [9.17, 15) is 9.18 Å². The van der Waals surface area contributed by atoms with E-state index in [1.165, 1.54) is 10.7 Å². The number of para-hydroxylation sites is 1. The van der Waals surface area contributed by atoms with E-state index in [-0.39, 0.29) is 11.2 Å². The van der Waals surface area contributed by atoms with Crippen molar-refractivity contribution >= 4 is 27.5 Å². The van der Waals surface area contributed by atoms with Gasteiger partial charge in [0.05, 0.1) is 29.6 Å². The molecule has 0 radical (unpaired) electrons. The van der Waals surface area contributed by atoms with Gasteiger partial charge in [-0.15, -0.1) is 0 Å². The third kappa shape index (κ3) is 2.59. The van der Waals surface area contributed by atoms with Crippen molar-refractivity contribution in [1.82, 2.24) is 14.8 Å². The molecule has 0 unspecified atom stereocenters. The maximum Gasteiger partial charge on any atom is 0.280 e. The van der Waals surface area contributed by atoms with Crippen LogP contribution in [-0.2, 0) is 4.74 Å². The molecule has 7 heteroatoms. The number of pyridine rings is 1. The first-order valence-corrected chi connectivity index (χ1v) is 8.83. The van der Waals surface area contributed by atoms with Gasteiger partial charge >= 0.3 is 0 Å². The van der Waals surface area contributed by atoms with Gasteiger partial charge in [-0.25, -0.2) is 9.07 Å². The number of nitrogens with one attached hydrogen (secondary N) is 1. The quantitative estimate of drug-likeness (QED) is 0.594. The normalized spacial score (nSPS) is 14.9. The number of morpholine rings is 1.